The third-order valence-corrected chi connectivity index (χ3v) is 3.43. The lowest BCUT2D eigenvalue weighted by molar-refractivity contribution is -0.142. The van der Waals surface area contributed by atoms with E-state index >= 15 is 0 Å². The topological polar surface area (TPSA) is 75.6 Å². The minimum absolute atomic E-state index is 0.179. The van der Waals surface area contributed by atoms with Crippen molar-refractivity contribution in [2.45, 2.75) is 26.3 Å². The van der Waals surface area contributed by atoms with Gasteiger partial charge in [0.25, 0.3) is 5.91 Å². The van der Waals surface area contributed by atoms with E-state index in [0.29, 0.717) is 12.2 Å². The summed E-state index contributed by atoms with van der Waals surface area (Å²) in [5.74, 6) is -0.712. The van der Waals surface area contributed by atoms with Crippen molar-refractivity contribution in [1.29, 1.82) is 0 Å². The molecule has 0 bridgehead atoms. The van der Waals surface area contributed by atoms with Crippen LogP contribution in [-0.4, -0.2) is 29.6 Å². The number of hydrogen-bond acceptors (Lipinski definition) is 3. The maximum atomic E-state index is 11.9. The highest BCUT2D eigenvalue weighted by molar-refractivity contribution is 5.85. The summed E-state index contributed by atoms with van der Waals surface area (Å²) < 4.78 is 5.46. The van der Waals surface area contributed by atoms with Crippen LogP contribution in [0.1, 0.15) is 20.3 Å². The van der Waals surface area contributed by atoms with Crippen LogP contribution in [0.4, 0.5) is 0 Å². The van der Waals surface area contributed by atoms with Gasteiger partial charge in [-0.1, -0.05) is 44.2 Å². The minimum atomic E-state index is -1.03. The highest BCUT2D eigenvalue weighted by atomic mass is 16.5. The molecule has 0 fully saturated rings. The molecular formula is C18H21NO4. The van der Waals surface area contributed by atoms with Crippen molar-refractivity contribution in [2.24, 2.45) is 5.92 Å². The van der Waals surface area contributed by atoms with Gasteiger partial charge >= 0.3 is 5.97 Å². The fourth-order valence-electron chi connectivity index (χ4n) is 2.33. The number of ether oxygens (including phenoxy) is 1. The summed E-state index contributed by atoms with van der Waals surface area (Å²) in [6.45, 7) is 3.61. The van der Waals surface area contributed by atoms with E-state index in [0.717, 1.165) is 10.8 Å². The third kappa shape index (κ3) is 4.98. The lowest BCUT2D eigenvalue weighted by Crippen LogP contribution is -2.43. The Hall–Kier alpha value is -2.56. The molecule has 0 heterocycles. The SMILES string of the molecule is CC(C)CC(NC(=O)COc1ccc2ccccc2c1)C(=O)O. The first kappa shape index (κ1) is 16.8. The maximum absolute atomic E-state index is 11.9. The monoisotopic (exact) mass is 315 g/mol. The van der Waals surface area contributed by atoms with Crippen molar-refractivity contribution in [3.8, 4) is 5.75 Å². The summed E-state index contributed by atoms with van der Waals surface area (Å²) >= 11 is 0. The number of rotatable bonds is 7. The molecule has 0 aliphatic rings. The zero-order valence-electron chi connectivity index (χ0n) is 13.3. The van der Waals surface area contributed by atoms with Crippen molar-refractivity contribution in [2.75, 3.05) is 6.61 Å². The quantitative estimate of drug-likeness (QED) is 0.824. The van der Waals surface area contributed by atoms with E-state index in [-0.39, 0.29) is 12.5 Å². The van der Waals surface area contributed by atoms with Gasteiger partial charge in [-0.2, -0.15) is 0 Å². The minimum Gasteiger partial charge on any atom is -0.484 e. The van der Waals surface area contributed by atoms with Crippen LogP contribution in [0.25, 0.3) is 10.8 Å². The number of carboxylic acids is 1. The second kappa shape index (κ2) is 7.63. The molecule has 23 heavy (non-hydrogen) atoms. The van der Waals surface area contributed by atoms with Crippen LogP contribution in [-0.2, 0) is 9.59 Å². The van der Waals surface area contributed by atoms with E-state index in [4.69, 9.17) is 9.84 Å². The van der Waals surface area contributed by atoms with Gasteiger partial charge in [-0.3, -0.25) is 4.79 Å². The number of hydrogen-bond donors (Lipinski definition) is 2. The zero-order chi connectivity index (χ0) is 16.8. The van der Waals surface area contributed by atoms with Gasteiger partial charge in [-0.25, -0.2) is 4.79 Å². The van der Waals surface area contributed by atoms with E-state index in [9.17, 15) is 9.59 Å². The van der Waals surface area contributed by atoms with Crippen LogP contribution in [0, 0.1) is 5.92 Å². The van der Waals surface area contributed by atoms with Gasteiger partial charge in [0.2, 0.25) is 0 Å². The molecule has 1 amide bonds. The summed E-state index contributed by atoms with van der Waals surface area (Å²) in [6.07, 6.45) is 0.386. The van der Waals surface area contributed by atoms with Crippen LogP contribution in [0.15, 0.2) is 42.5 Å². The molecule has 122 valence electrons. The number of carboxylic acid groups (broad SMARTS) is 1. The molecule has 0 aromatic heterocycles. The highest BCUT2D eigenvalue weighted by Gasteiger charge is 2.21. The number of carbonyl (C=O) groups is 2. The standard InChI is InChI=1S/C18H21NO4/c1-12(2)9-16(18(21)22)19-17(20)11-23-15-8-7-13-5-3-4-6-14(13)10-15/h3-8,10,12,16H,9,11H2,1-2H3,(H,19,20)(H,21,22). The summed E-state index contributed by atoms with van der Waals surface area (Å²) in [5, 5.41) is 13.7. The number of aliphatic carboxylic acids is 1. The Labute approximate surface area is 135 Å². The molecule has 1 atom stereocenters. The molecule has 5 heteroatoms. The molecule has 5 nitrogen and oxygen atoms in total. The van der Waals surface area contributed by atoms with Crippen molar-refractivity contribution < 1.29 is 19.4 Å². The van der Waals surface area contributed by atoms with Gasteiger partial charge < -0.3 is 15.2 Å². The summed E-state index contributed by atoms with van der Waals surface area (Å²) in [6, 6.07) is 12.5. The Morgan fingerprint density at radius 3 is 2.48 bits per heavy atom. The summed E-state index contributed by atoms with van der Waals surface area (Å²) in [7, 11) is 0. The largest absolute Gasteiger partial charge is 0.484 e. The molecular weight excluding hydrogens is 294 g/mol. The maximum Gasteiger partial charge on any atom is 0.326 e. The molecule has 2 aromatic carbocycles. The summed E-state index contributed by atoms with van der Waals surface area (Å²) in [4.78, 5) is 23.0. The fraction of sp³-hybridized carbons (Fsp3) is 0.333. The number of amides is 1. The van der Waals surface area contributed by atoms with Gasteiger partial charge in [0, 0.05) is 0 Å². The van der Waals surface area contributed by atoms with Gasteiger partial charge in [0.1, 0.15) is 11.8 Å². The highest BCUT2D eigenvalue weighted by Crippen LogP contribution is 2.20. The van der Waals surface area contributed by atoms with E-state index in [2.05, 4.69) is 5.32 Å². The molecule has 0 spiro atoms. The van der Waals surface area contributed by atoms with Crippen LogP contribution >= 0.6 is 0 Å². The van der Waals surface area contributed by atoms with Crippen LogP contribution in [0.2, 0.25) is 0 Å². The number of carbonyl (C=O) groups excluding carboxylic acids is 1. The lowest BCUT2D eigenvalue weighted by Gasteiger charge is -2.16. The molecule has 2 aromatic rings. The molecule has 0 aliphatic carbocycles. The first-order valence-corrected chi connectivity index (χ1v) is 7.59. The van der Waals surface area contributed by atoms with Gasteiger partial charge in [0.15, 0.2) is 6.61 Å². The van der Waals surface area contributed by atoms with Crippen molar-refractivity contribution in [1.82, 2.24) is 5.32 Å². The second-order valence-corrected chi connectivity index (χ2v) is 5.89. The molecule has 2 N–H and O–H groups in total. The van der Waals surface area contributed by atoms with Gasteiger partial charge in [-0.05, 0) is 35.2 Å². The predicted molar refractivity (Wildman–Crippen MR) is 88.5 cm³/mol. The molecule has 0 saturated carbocycles. The smallest absolute Gasteiger partial charge is 0.326 e. The number of nitrogens with one attached hydrogen (secondary N) is 1. The first-order valence-electron chi connectivity index (χ1n) is 7.59. The molecule has 0 saturated heterocycles. The normalized spacial score (nSPS) is 12.1. The van der Waals surface area contributed by atoms with Crippen LogP contribution in [0.5, 0.6) is 5.75 Å². The predicted octanol–water partition coefficient (Wildman–Crippen LogP) is 2.83. The van der Waals surface area contributed by atoms with Gasteiger partial charge in [0.05, 0.1) is 0 Å². The Bertz CT molecular complexity index is 696. The third-order valence-electron chi connectivity index (χ3n) is 3.43. The Morgan fingerprint density at radius 1 is 1.13 bits per heavy atom. The Kier molecular flexibility index (Phi) is 5.57. The Morgan fingerprint density at radius 2 is 1.83 bits per heavy atom. The summed E-state index contributed by atoms with van der Waals surface area (Å²) in [5.41, 5.74) is 0. The fourth-order valence-corrected chi connectivity index (χ4v) is 2.33. The van der Waals surface area contributed by atoms with E-state index < -0.39 is 17.9 Å². The molecule has 0 aliphatic heterocycles. The Balaban J connectivity index is 1.93. The van der Waals surface area contributed by atoms with Crippen molar-refractivity contribution in [3.05, 3.63) is 42.5 Å². The number of fused-ring (bicyclic) bond motifs is 1. The number of benzene rings is 2. The molecule has 1 unspecified atom stereocenters. The first-order chi connectivity index (χ1) is 11.0. The van der Waals surface area contributed by atoms with Crippen molar-refractivity contribution in [3.63, 3.8) is 0 Å². The molecule has 0 radical (unpaired) electrons. The molecule has 2 rings (SSSR count). The van der Waals surface area contributed by atoms with E-state index in [1.165, 1.54) is 0 Å². The average molecular weight is 315 g/mol. The second-order valence-electron chi connectivity index (χ2n) is 5.89. The van der Waals surface area contributed by atoms with Crippen LogP contribution < -0.4 is 10.1 Å². The lowest BCUT2D eigenvalue weighted by atomic mass is 10.0. The van der Waals surface area contributed by atoms with E-state index in [1.54, 1.807) is 6.07 Å². The zero-order valence-corrected chi connectivity index (χ0v) is 13.3. The average Bonchev–Trinajstić information content (AvgIpc) is 2.51. The van der Waals surface area contributed by atoms with Crippen LogP contribution in [0.3, 0.4) is 0 Å². The van der Waals surface area contributed by atoms with Crippen molar-refractivity contribution >= 4 is 22.6 Å². The van der Waals surface area contributed by atoms with Gasteiger partial charge in [-0.15, -0.1) is 0 Å². The van der Waals surface area contributed by atoms with E-state index in [1.807, 2.05) is 50.2 Å².